The molecule has 188 valence electrons. The topological polar surface area (TPSA) is 126 Å². The number of rotatable bonds is 10. The standard InChI is InChI=1S/C26H21ClN4O5S/c27-20-7-11-21(12-8-20)30(15-17-1-3-19(4-2-17)25(34)28-14-13-24(32)33)26-29-23(16-37-26)18-5-9-22(10-6-18)31(35)36/h1-12,16H,13-15H2,(H,28,34)(H,32,33). The number of carboxylic acid groups (broad SMARTS) is 1. The van der Waals surface area contributed by atoms with Crippen molar-refractivity contribution in [3.63, 3.8) is 0 Å². The zero-order valence-electron chi connectivity index (χ0n) is 19.3. The summed E-state index contributed by atoms with van der Waals surface area (Å²) in [5.74, 6) is -1.31. The summed E-state index contributed by atoms with van der Waals surface area (Å²) in [6.07, 6.45) is -0.143. The number of carbonyl (C=O) groups is 2. The van der Waals surface area contributed by atoms with Crippen LogP contribution in [0.2, 0.25) is 5.02 Å². The normalized spacial score (nSPS) is 10.6. The van der Waals surface area contributed by atoms with Crippen molar-refractivity contribution in [1.29, 1.82) is 0 Å². The largest absolute Gasteiger partial charge is 0.481 e. The molecule has 3 aromatic carbocycles. The minimum atomic E-state index is -0.975. The van der Waals surface area contributed by atoms with Gasteiger partial charge in [0, 0.05) is 45.9 Å². The van der Waals surface area contributed by atoms with Crippen molar-refractivity contribution in [2.75, 3.05) is 11.4 Å². The van der Waals surface area contributed by atoms with Gasteiger partial charge >= 0.3 is 5.97 Å². The summed E-state index contributed by atoms with van der Waals surface area (Å²) in [5.41, 5.74) is 3.70. The molecule has 0 saturated carbocycles. The van der Waals surface area contributed by atoms with Crippen molar-refractivity contribution in [3.05, 3.63) is 104 Å². The molecule has 0 spiro atoms. The minimum absolute atomic E-state index is 0.0148. The van der Waals surface area contributed by atoms with Gasteiger partial charge in [0.15, 0.2) is 5.13 Å². The predicted molar refractivity (Wildman–Crippen MR) is 143 cm³/mol. The maximum Gasteiger partial charge on any atom is 0.305 e. The Kier molecular flexibility index (Phi) is 8.11. The highest BCUT2D eigenvalue weighted by molar-refractivity contribution is 7.14. The van der Waals surface area contributed by atoms with Crippen LogP contribution in [0.4, 0.5) is 16.5 Å². The summed E-state index contributed by atoms with van der Waals surface area (Å²) in [6.45, 7) is 0.511. The van der Waals surface area contributed by atoms with Crippen LogP contribution < -0.4 is 10.2 Å². The molecule has 0 aliphatic heterocycles. The van der Waals surface area contributed by atoms with Crippen LogP contribution in [0.5, 0.6) is 0 Å². The lowest BCUT2D eigenvalue weighted by molar-refractivity contribution is -0.384. The van der Waals surface area contributed by atoms with Crippen molar-refractivity contribution in [2.45, 2.75) is 13.0 Å². The molecule has 0 aliphatic rings. The second-order valence-corrected chi connectivity index (χ2v) is 9.25. The van der Waals surface area contributed by atoms with Gasteiger partial charge in [-0.2, -0.15) is 0 Å². The molecule has 0 atom stereocenters. The van der Waals surface area contributed by atoms with Crippen LogP contribution >= 0.6 is 22.9 Å². The fraction of sp³-hybridized carbons (Fsp3) is 0.115. The van der Waals surface area contributed by atoms with E-state index >= 15 is 0 Å². The molecule has 37 heavy (non-hydrogen) atoms. The number of carboxylic acids is 1. The highest BCUT2D eigenvalue weighted by Gasteiger charge is 2.16. The quantitative estimate of drug-likeness (QED) is 0.190. The van der Waals surface area contributed by atoms with Crippen LogP contribution in [0.15, 0.2) is 78.2 Å². The maximum absolute atomic E-state index is 12.3. The smallest absolute Gasteiger partial charge is 0.305 e. The summed E-state index contributed by atoms with van der Waals surface area (Å²) in [4.78, 5) is 40.2. The number of halogens is 1. The fourth-order valence-electron chi connectivity index (χ4n) is 3.49. The van der Waals surface area contributed by atoms with Gasteiger partial charge in [0.05, 0.1) is 23.6 Å². The molecule has 2 N–H and O–H groups in total. The van der Waals surface area contributed by atoms with Gasteiger partial charge in [-0.15, -0.1) is 11.3 Å². The van der Waals surface area contributed by atoms with E-state index in [4.69, 9.17) is 21.7 Å². The second kappa shape index (κ2) is 11.6. The molecule has 0 bridgehead atoms. The summed E-state index contributed by atoms with van der Waals surface area (Å²) in [7, 11) is 0. The lowest BCUT2D eigenvalue weighted by atomic mass is 10.1. The lowest BCUT2D eigenvalue weighted by Gasteiger charge is -2.22. The molecule has 0 aliphatic carbocycles. The number of nitrogens with zero attached hydrogens (tertiary/aromatic N) is 3. The van der Waals surface area contributed by atoms with Crippen LogP contribution in [0.1, 0.15) is 22.3 Å². The number of amides is 1. The number of non-ortho nitro benzene ring substituents is 1. The summed E-state index contributed by atoms with van der Waals surface area (Å²) >= 11 is 7.53. The molecule has 0 saturated heterocycles. The Hall–Kier alpha value is -4.28. The first-order chi connectivity index (χ1) is 17.8. The average molecular weight is 537 g/mol. The van der Waals surface area contributed by atoms with Crippen molar-refractivity contribution >= 4 is 51.3 Å². The van der Waals surface area contributed by atoms with Crippen LogP contribution in [0, 0.1) is 10.1 Å². The number of nitrogens with one attached hydrogen (secondary N) is 1. The van der Waals surface area contributed by atoms with E-state index in [1.54, 1.807) is 36.4 Å². The molecule has 1 heterocycles. The molecule has 11 heteroatoms. The van der Waals surface area contributed by atoms with Crippen LogP contribution in [0.25, 0.3) is 11.3 Å². The third-order valence-corrected chi connectivity index (χ3v) is 6.53. The van der Waals surface area contributed by atoms with Gasteiger partial charge in [0.1, 0.15) is 0 Å². The van der Waals surface area contributed by atoms with Crippen LogP contribution in [-0.2, 0) is 11.3 Å². The summed E-state index contributed by atoms with van der Waals surface area (Å²) in [6, 6.07) is 20.6. The number of benzene rings is 3. The van der Waals surface area contributed by atoms with E-state index in [9.17, 15) is 19.7 Å². The molecule has 1 amide bonds. The highest BCUT2D eigenvalue weighted by Crippen LogP contribution is 2.34. The average Bonchev–Trinajstić information content (AvgIpc) is 3.38. The number of anilines is 2. The number of hydrogen-bond donors (Lipinski definition) is 2. The number of hydrogen-bond acceptors (Lipinski definition) is 7. The maximum atomic E-state index is 12.3. The predicted octanol–water partition coefficient (Wildman–Crippen LogP) is 5.91. The zero-order valence-corrected chi connectivity index (χ0v) is 20.9. The molecule has 9 nitrogen and oxygen atoms in total. The van der Waals surface area contributed by atoms with Crippen molar-refractivity contribution in [1.82, 2.24) is 10.3 Å². The van der Waals surface area contributed by atoms with E-state index in [2.05, 4.69) is 5.32 Å². The number of aliphatic carboxylic acids is 1. The number of aromatic nitrogens is 1. The van der Waals surface area contributed by atoms with E-state index < -0.39 is 10.9 Å². The van der Waals surface area contributed by atoms with Gasteiger partial charge in [-0.25, -0.2) is 4.98 Å². The zero-order chi connectivity index (χ0) is 26.4. The summed E-state index contributed by atoms with van der Waals surface area (Å²) < 4.78 is 0. The molecule has 0 radical (unpaired) electrons. The van der Waals surface area contributed by atoms with E-state index in [-0.39, 0.29) is 24.6 Å². The third-order valence-electron chi connectivity index (χ3n) is 5.42. The molecular weight excluding hydrogens is 516 g/mol. The third kappa shape index (κ3) is 6.69. The van der Waals surface area contributed by atoms with Gasteiger partial charge in [0.2, 0.25) is 0 Å². The summed E-state index contributed by atoms with van der Waals surface area (Å²) in [5, 5.41) is 25.5. The SMILES string of the molecule is O=C(O)CCNC(=O)c1ccc(CN(c2ccc(Cl)cc2)c2nc(-c3ccc([N+](=O)[O-])cc3)cs2)cc1. The van der Waals surface area contributed by atoms with Crippen LogP contribution in [-0.4, -0.2) is 33.4 Å². The van der Waals surface area contributed by atoms with Gasteiger partial charge < -0.3 is 15.3 Å². The fourth-order valence-corrected chi connectivity index (χ4v) is 4.47. The van der Waals surface area contributed by atoms with Crippen molar-refractivity contribution in [3.8, 4) is 11.3 Å². The Bertz CT molecular complexity index is 1410. The van der Waals surface area contributed by atoms with Crippen molar-refractivity contribution in [2.24, 2.45) is 0 Å². The van der Waals surface area contributed by atoms with E-state index in [0.29, 0.717) is 28.0 Å². The first-order valence-corrected chi connectivity index (χ1v) is 12.4. The molecule has 1 aromatic heterocycles. The Balaban J connectivity index is 1.56. The van der Waals surface area contributed by atoms with Gasteiger partial charge in [-0.05, 0) is 54.1 Å². The minimum Gasteiger partial charge on any atom is -0.481 e. The molecule has 0 fully saturated rings. The highest BCUT2D eigenvalue weighted by atomic mass is 35.5. The Morgan fingerprint density at radius 3 is 2.32 bits per heavy atom. The monoisotopic (exact) mass is 536 g/mol. The molecular formula is C26H21ClN4O5S. The number of nitro benzene ring substituents is 1. The number of thiazole rings is 1. The first kappa shape index (κ1) is 25.8. The molecule has 4 rings (SSSR count). The Morgan fingerprint density at radius 2 is 1.70 bits per heavy atom. The lowest BCUT2D eigenvalue weighted by Crippen LogP contribution is -2.26. The second-order valence-electron chi connectivity index (χ2n) is 7.98. The molecule has 0 unspecified atom stereocenters. The Labute approximate surface area is 221 Å². The number of carbonyl (C=O) groups excluding carboxylic acids is 1. The van der Waals surface area contributed by atoms with Gasteiger partial charge in [0.25, 0.3) is 11.6 Å². The first-order valence-electron chi connectivity index (χ1n) is 11.1. The Morgan fingerprint density at radius 1 is 1.03 bits per heavy atom. The number of nitro groups is 1. The van der Waals surface area contributed by atoms with Gasteiger partial charge in [-0.1, -0.05) is 23.7 Å². The van der Waals surface area contributed by atoms with E-state index in [1.807, 2.05) is 34.5 Å². The van der Waals surface area contributed by atoms with E-state index in [1.165, 1.54) is 23.5 Å². The molecule has 4 aromatic rings. The van der Waals surface area contributed by atoms with E-state index in [0.717, 1.165) is 16.8 Å². The van der Waals surface area contributed by atoms with Crippen LogP contribution in [0.3, 0.4) is 0 Å². The van der Waals surface area contributed by atoms with Gasteiger partial charge in [-0.3, -0.25) is 19.7 Å². The van der Waals surface area contributed by atoms with Crippen molar-refractivity contribution < 1.29 is 19.6 Å².